The van der Waals surface area contributed by atoms with E-state index in [0.29, 0.717) is 68.3 Å². The highest BCUT2D eigenvalue weighted by atomic mass is 16.6. The number of hydrogen-bond donors (Lipinski definition) is 5. The molecule has 1 aliphatic heterocycles. The van der Waals surface area contributed by atoms with Gasteiger partial charge in [0.1, 0.15) is 23.1 Å². The van der Waals surface area contributed by atoms with E-state index in [2.05, 4.69) is 50.3 Å². The smallest absolute Gasteiger partial charge is 0.410 e. The van der Waals surface area contributed by atoms with E-state index in [1.54, 1.807) is 17.0 Å². The van der Waals surface area contributed by atoms with Gasteiger partial charge in [0.05, 0.1) is 0 Å². The van der Waals surface area contributed by atoms with Crippen LogP contribution in [-0.4, -0.2) is 92.9 Å². The van der Waals surface area contributed by atoms with Crippen LogP contribution < -0.4 is 21.3 Å². The molecule has 0 radical (unpaired) electrons. The molecule has 4 aromatic rings. The number of benzene rings is 3. The molecule has 1 atom stereocenters. The van der Waals surface area contributed by atoms with Gasteiger partial charge in [0, 0.05) is 61.2 Å². The number of aryl methyl sites for hydroxylation is 1. The largest absolute Gasteiger partial charge is 0.444 e. The summed E-state index contributed by atoms with van der Waals surface area (Å²) in [7, 11) is 0. The van der Waals surface area contributed by atoms with Crippen LogP contribution in [0.1, 0.15) is 121 Å². The molecule has 3 aromatic carbocycles. The summed E-state index contributed by atoms with van der Waals surface area (Å²) in [5, 5.41) is 19.5. The van der Waals surface area contributed by atoms with E-state index in [1.807, 2.05) is 103 Å². The average Bonchev–Trinajstić information content (AvgIpc) is 3.73. The van der Waals surface area contributed by atoms with E-state index in [4.69, 9.17) is 9.47 Å². The number of carbonyl (C=O) groups is 5. The van der Waals surface area contributed by atoms with E-state index in [9.17, 15) is 24.0 Å². The number of likely N-dealkylation sites (tertiary alicyclic amines) is 1. The summed E-state index contributed by atoms with van der Waals surface area (Å²) in [5.74, 6) is 1.15. The molecule has 5 amide bonds. The van der Waals surface area contributed by atoms with E-state index in [1.165, 1.54) is 0 Å². The molecular weight excluding hydrogens is 849 g/mol. The molecule has 5 N–H and O–H groups in total. The highest BCUT2D eigenvalue weighted by Crippen LogP contribution is 2.30. The lowest BCUT2D eigenvalue weighted by molar-refractivity contribution is -0.130. The van der Waals surface area contributed by atoms with Crippen LogP contribution >= 0.6 is 0 Å². The fraction of sp³-hybridized carbons (Fsp3) is 0.519. The molecule has 2 fully saturated rings. The van der Waals surface area contributed by atoms with Crippen molar-refractivity contribution in [3.8, 4) is 22.5 Å². The quantitative estimate of drug-likeness (QED) is 0.0821. The van der Waals surface area contributed by atoms with Crippen molar-refractivity contribution < 1.29 is 33.4 Å². The number of anilines is 1. The van der Waals surface area contributed by atoms with Crippen LogP contribution in [0.25, 0.3) is 22.5 Å². The minimum Gasteiger partial charge on any atom is -0.444 e. The Kier molecular flexibility index (Phi) is 16.5. The first-order valence-electron chi connectivity index (χ1n) is 23.8. The number of aromatic nitrogens is 3. The molecule has 15 nitrogen and oxygen atoms in total. The number of rotatable bonds is 14. The Morgan fingerprint density at radius 3 is 2.04 bits per heavy atom. The van der Waals surface area contributed by atoms with Crippen molar-refractivity contribution in [2.24, 2.45) is 17.8 Å². The molecule has 6 rings (SSSR count). The summed E-state index contributed by atoms with van der Waals surface area (Å²) in [6.45, 7) is 18.8. The standard InChI is InChI=1S/C52H70N8O7/c1-32(2)28-44-57-45(59-58-44)37-18-21-40(22-19-37)55-48(63)43(56-46(61)38-16-12-35(13-17-38)31-53-49(64)66-51(4,5)6)30-34-10-14-36(15-11-34)42-23-20-39(29-33(42)3)47(62)54-41-24-26-60(27-25-41)50(65)67-52(7,8)9/h10-11,14-15,18-23,29,32,35,38,41,43H,12-13,16-17,24-28,30-31H2,1-9H3,(H,53,64)(H,54,62)(H,55,63)(H,56,61)(H,57,58,59)/t35?,38?,43-/m0/s1. The molecule has 1 aliphatic carbocycles. The summed E-state index contributed by atoms with van der Waals surface area (Å²) in [6.07, 6.45) is 4.40. The van der Waals surface area contributed by atoms with Crippen LogP contribution in [-0.2, 0) is 31.9 Å². The third-order valence-electron chi connectivity index (χ3n) is 12.0. The van der Waals surface area contributed by atoms with Crippen LogP contribution in [0.3, 0.4) is 0 Å². The molecule has 0 bridgehead atoms. The van der Waals surface area contributed by atoms with Crippen LogP contribution in [0.15, 0.2) is 66.7 Å². The highest BCUT2D eigenvalue weighted by Gasteiger charge is 2.31. The minimum absolute atomic E-state index is 0.0436. The van der Waals surface area contributed by atoms with Crippen LogP contribution in [0.4, 0.5) is 15.3 Å². The molecule has 15 heteroatoms. The molecule has 0 spiro atoms. The first kappa shape index (κ1) is 50.2. The first-order valence-corrected chi connectivity index (χ1v) is 23.8. The van der Waals surface area contributed by atoms with Gasteiger partial charge in [0.2, 0.25) is 11.8 Å². The maximum absolute atomic E-state index is 14.1. The van der Waals surface area contributed by atoms with Crippen molar-refractivity contribution in [3.05, 3.63) is 89.2 Å². The van der Waals surface area contributed by atoms with Gasteiger partial charge in [0.25, 0.3) is 5.91 Å². The summed E-state index contributed by atoms with van der Waals surface area (Å²) < 4.78 is 10.9. The fourth-order valence-electron chi connectivity index (χ4n) is 8.49. The van der Waals surface area contributed by atoms with Gasteiger partial charge in [-0.15, -0.1) is 0 Å². The molecular formula is C52H70N8O7. The number of hydrogen-bond acceptors (Lipinski definition) is 9. The Morgan fingerprint density at radius 1 is 0.791 bits per heavy atom. The van der Waals surface area contributed by atoms with E-state index < -0.39 is 23.3 Å². The van der Waals surface area contributed by atoms with Crippen LogP contribution in [0.2, 0.25) is 0 Å². The number of alkyl carbamates (subject to hydrolysis) is 1. The van der Waals surface area contributed by atoms with Crippen molar-refractivity contribution in [3.63, 3.8) is 0 Å². The molecule has 2 aliphatic rings. The maximum atomic E-state index is 14.1. The second-order valence-corrected chi connectivity index (χ2v) is 20.6. The zero-order chi connectivity index (χ0) is 48.5. The van der Waals surface area contributed by atoms with Crippen molar-refractivity contribution in [1.29, 1.82) is 0 Å². The van der Waals surface area contributed by atoms with E-state index in [-0.39, 0.29) is 48.1 Å². The number of H-pyrrole nitrogens is 1. The lowest BCUT2D eigenvalue weighted by atomic mass is 9.81. The van der Waals surface area contributed by atoms with E-state index in [0.717, 1.165) is 52.9 Å². The summed E-state index contributed by atoms with van der Waals surface area (Å²) in [4.78, 5) is 72.3. The number of nitrogens with zero attached hydrogens (tertiary/aromatic N) is 3. The van der Waals surface area contributed by atoms with Gasteiger partial charge in [-0.1, -0.05) is 44.2 Å². The number of aromatic amines is 1. The van der Waals surface area contributed by atoms with Gasteiger partial charge in [-0.05, 0) is 157 Å². The molecule has 67 heavy (non-hydrogen) atoms. The predicted molar refractivity (Wildman–Crippen MR) is 259 cm³/mol. The van der Waals surface area contributed by atoms with Gasteiger partial charge < -0.3 is 35.6 Å². The fourth-order valence-corrected chi connectivity index (χ4v) is 8.49. The zero-order valence-electron chi connectivity index (χ0n) is 40.7. The molecule has 0 unspecified atom stereocenters. The second kappa shape index (κ2) is 22.0. The summed E-state index contributed by atoms with van der Waals surface area (Å²) >= 11 is 0. The van der Waals surface area contributed by atoms with Gasteiger partial charge in [-0.3, -0.25) is 19.5 Å². The van der Waals surface area contributed by atoms with Crippen LogP contribution in [0.5, 0.6) is 0 Å². The van der Waals surface area contributed by atoms with Gasteiger partial charge in [0.15, 0.2) is 5.82 Å². The monoisotopic (exact) mass is 919 g/mol. The third kappa shape index (κ3) is 15.1. The van der Waals surface area contributed by atoms with Gasteiger partial charge in [-0.25, -0.2) is 14.6 Å². The zero-order valence-corrected chi connectivity index (χ0v) is 40.7. The Bertz CT molecular complexity index is 2330. The van der Waals surface area contributed by atoms with Crippen molar-refractivity contribution in [2.45, 2.75) is 137 Å². The number of carbonyl (C=O) groups excluding carboxylic acids is 5. The maximum Gasteiger partial charge on any atom is 0.410 e. The number of ether oxygens (including phenoxy) is 2. The van der Waals surface area contributed by atoms with Crippen molar-refractivity contribution in [2.75, 3.05) is 25.0 Å². The average molecular weight is 919 g/mol. The summed E-state index contributed by atoms with van der Waals surface area (Å²) in [5.41, 5.74) is 4.54. The van der Waals surface area contributed by atoms with Crippen molar-refractivity contribution in [1.82, 2.24) is 36.0 Å². The SMILES string of the molecule is Cc1cc(C(=O)NC2CCN(C(=O)OC(C)(C)C)CC2)ccc1-c1ccc(C[C@H](NC(=O)C2CCC(CNC(=O)OC(C)(C)C)CC2)C(=O)Nc2ccc(-c3n[nH]c(CC(C)C)n3)cc2)cc1. The Balaban J connectivity index is 1.09. The number of nitrogens with one attached hydrogen (secondary N) is 5. The van der Waals surface area contributed by atoms with Gasteiger partial charge >= 0.3 is 12.2 Å². The number of piperidine rings is 1. The van der Waals surface area contributed by atoms with Crippen molar-refractivity contribution >= 4 is 35.6 Å². The molecule has 360 valence electrons. The van der Waals surface area contributed by atoms with E-state index >= 15 is 0 Å². The second-order valence-electron chi connectivity index (χ2n) is 20.6. The Hall–Kier alpha value is -6.25. The topological polar surface area (TPSA) is 197 Å². The van der Waals surface area contributed by atoms with Crippen LogP contribution in [0, 0.1) is 24.7 Å². The minimum atomic E-state index is -0.861. The molecule has 2 heterocycles. The van der Waals surface area contributed by atoms with Gasteiger partial charge in [-0.2, -0.15) is 5.10 Å². The molecule has 1 saturated carbocycles. The summed E-state index contributed by atoms with van der Waals surface area (Å²) in [6, 6.07) is 20.0. The molecule has 1 aromatic heterocycles. The Labute approximate surface area is 395 Å². The lowest BCUT2D eigenvalue weighted by Gasteiger charge is -2.33. The normalized spacial score (nSPS) is 17.3. The Morgan fingerprint density at radius 2 is 1.43 bits per heavy atom. The first-order chi connectivity index (χ1) is 31.7. The predicted octanol–water partition coefficient (Wildman–Crippen LogP) is 8.77. The lowest BCUT2D eigenvalue weighted by Crippen LogP contribution is -2.48. The molecule has 1 saturated heterocycles. The highest BCUT2D eigenvalue weighted by molar-refractivity contribution is 5.98. The number of amides is 5. The third-order valence-corrected chi connectivity index (χ3v) is 12.0.